The SMILES string of the molecule is CCN(CC(=O)NCc1ccc(F)cc1)C(=O)CNCC1CCCO1.Cl. The number of hydrogen-bond acceptors (Lipinski definition) is 4. The lowest BCUT2D eigenvalue weighted by atomic mass is 10.2. The fourth-order valence-electron chi connectivity index (χ4n) is 2.67. The zero-order valence-corrected chi connectivity index (χ0v) is 15.8. The highest BCUT2D eigenvalue weighted by atomic mass is 35.5. The smallest absolute Gasteiger partial charge is 0.239 e. The van der Waals surface area contributed by atoms with Crippen molar-refractivity contribution in [2.24, 2.45) is 0 Å². The van der Waals surface area contributed by atoms with E-state index in [1.807, 2.05) is 6.92 Å². The largest absolute Gasteiger partial charge is 0.377 e. The Hall–Kier alpha value is -1.70. The molecule has 26 heavy (non-hydrogen) atoms. The van der Waals surface area contributed by atoms with Gasteiger partial charge in [0.05, 0.1) is 19.2 Å². The summed E-state index contributed by atoms with van der Waals surface area (Å²) in [5.74, 6) is -0.663. The Labute approximate surface area is 159 Å². The minimum absolute atomic E-state index is 0. The maximum atomic E-state index is 12.8. The molecule has 8 heteroatoms. The molecule has 1 atom stereocenters. The van der Waals surface area contributed by atoms with Crippen LogP contribution in [0.15, 0.2) is 24.3 Å². The highest BCUT2D eigenvalue weighted by Crippen LogP contribution is 2.10. The summed E-state index contributed by atoms with van der Waals surface area (Å²) in [5.41, 5.74) is 0.808. The van der Waals surface area contributed by atoms with Gasteiger partial charge in [-0.2, -0.15) is 0 Å². The number of halogens is 2. The third-order valence-electron chi connectivity index (χ3n) is 4.14. The molecule has 1 heterocycles. The van der Waals surface area contributed by atoms with Gasteiger partial charge in [-0.15, -0.1) is 12.4 Å². The Morgan fingerprint density at radius 2 is 2.04 bits per heavy atom. The number of nitrogens with zero attached hydrogens (tertiary/aromatic N) is 1. The zero-order valence-electron chi connectivity index (χ0n) is 15.0. The number of amides is 2. The van der Waals surface area contributed by atoms with E-state index in [4.69, 9.17) is 4.74 Å². The van der Waals surface area contributed by atoms with Crippen LogP contribution in [0.2, 0.25) is 0 Å². The summed E-state index contributed by atoms with van der Waals surface area (Å²) in [5, 5.41) is 5.84. The van der Waals surface area contributed by atoms with Gasteiger partial charge >= 0.3 is 0 Å². The van der Waals surface area contributed by atoms with Crippen molar-refractivity contribution < 1.29 is 18.7 Å². The van der Waals surface area contributed by atoms with E-state index in [1.54, 1.807) is 12.1 Å². The van der Waals surface area contributed by atoms with Crippen LogP contribution in [0.5, 0.6) is 0 Å². The lowest BCUT2D eigenvalue weighted by Crippen LogP contribution is -2.44. The molecule has 6 nitrogen and oxygen atoms in total. The summed E-state index contributed by atoms with van der Waals surface area (Å²) in [6, 6.07) is 5.94. The van der Waals surface area contributed by atoms with Gasteiger partial charge in [-0.05, 0) is 37.5 Å². The minimum Gasteiger partial charge on any atom is -0.377 e. The monoisotopic (exact) mass is 387 g/mol. The van der Waals surface area contributed by atoms with Gasteiger partial charge in [0.25, 0.3) is 0 Å². The van der Waals surface area contributed by atoms with Crippen LogP contribution in [0.3, 0.4) is 0 Å². The molecule has 0 spiro atoms. The minimum atomic E-state index is -0.312. The molecule has 0 aliphatic carbocycles. The number of nitrogens with one attached hydrogen (secondary N) is 2. The third kappa shape index (κ3) is 7.68. The van der Waals surface area contributed by atoms with Gasteiger partial charge in [0.15, 0.2) is 0 Å². The van der Waals surface area contributed by atoms with Crippen molar-refractivity contribution in [2.75, 3.05) is 32.8 Å². The first kappa shape index (κ1) is 22.3. The molecular formula is C18H27ClFN3O3. The first-order valence-corrected chi connectivity index (χ1v) is 8.69. The van der Waals surface area contributed by atoms with Gasteiger partial charge in [-0.3, -0.25) is 9.59 Å². The van der Waals surface area contributed by atoms with Crippen molar-refractivity contribution in [3.05, 3.63) is 35.6 Å². The van der Waals surface area contributed by atoms with E-state index in [2.05, 4.69) is 10.6 Å². The molecule has 1 aliphatic heterocycles. The lowest BCUT2D eigenvalue weighted by Gasteiger charge is -2.21. The summed E-state index contributed by atoms with van der Waals surface area (Å²) in [7, 11) is 0. The van der Waals surface area contributed by atoms with Crippen LogP contribution in [0.1, 0.15) is 25.3 Å². The van der Waals surface area contributed by atoms with Crippen molar-refractivity contribution >= 4 is 24.2 Å². The summed E-state index contributed by atoms with van der Waals surface area (Å²) in [6.45, 7) is 4.25. The molecular weight excluding hydrogens is 361 g/mol. The second-order valence-corrected chi connectivity index (χ2v) is 6.08. The Balaban J connectivity index is 0.00000338. The molecule has 1 fully saturated rings. The maximum Gasteiger partial charge on any atom is 0.239 e. The summed E-state index contributed by atoms with van der Waals surface area (Å²) >= 11 is 0. The molecule has 1 aliphatic rings. The molecule has 1 aromatic rings. The standard InChI is InChI=1S/C18H26FN3O3.ClH/c1-2-22(18(24)12-20-11-16-4-3-9-25-16)13-17(23)21-10-14-5-7-15(19)8-6-14;/h5-8,16,20H,2-4,9-13H2,1H3,(H,21,23);1H. The van der Waals surface area contributed by atoms with E-state index in [9.17, 15) is 14.0 Å². The predicted octanol–water partition coefficient (Wildman–Crippen LogP) is 1.48. The molecule has 2 rings (SSSR count). The van der Waals surface area contributed by atoms with Gasteiger partial charge in [0.2, 0.25) is 11.8 Å². The Morgan fingerprint density at radius 1 is 1.31 bits per heavy atom. The van der Waals surface area contributed by atoms with Gasteiger partial charge in [0.1, 0.15) is 5.82 Å². The number of likely N-dealkylation sites (N-methyl/N-ethyl adjacent to an activating group) is 1. The Bertz CT molecular complexity index is 565. The quantitative estimate of drug-likeness (QED) is 0.673. The normalized spacial score (nSPS) is 16.0. The second-order valence-electron chi connectivity index (χ2n) is 6.08. The first-order valence-electron chi connectivity index (χ1n) is 8.69. The molecule has 0 aromatic heterocycles. The Morgan fingerprint density at radius 3 is 2.65 bits per heavy atom. The highest BCUT2D eigenvalue weighted by molar-refractivity contribution is 5.86. The highest BCUT2D eigenvalue weighted by Gasteiger charge is 2.18. The number of ether oxygens (including phenoxy) is 1. The van der Waals surface area contributed by atoms with E-state index >= 15 is 0 Å². The number of carbonyl (C=O) groups is 2. The van der Waals surface area contributed by atoms with E-state index in [-0.39, 0.29) is 49.2 Å². The van der Waals surface area contributed by atoms with Crippen LogP contribution < -0.4 is 10.6 Å². The molecule has 1 unspecified atom stereocenters. The van der Waals surface area contributed by atoms with E-state index in [1.165, 1.54) is 17.0 Å². The topological polar surface area (TPSA) is 70.7 Å². The van der Waals surface area contributed by atoms with Crippen LogP contribution >= 0.6 is 12.4 Å². The van der Waals surface area contributed by atoms with Crippen molar-refractivity contribution in [1.29, 1.82) is 0 Å². The first-order chi connectivity index (χ1) is 12.1. The summed E-state index contributed by atoms with van der Waals surface area (Å²) < 4.78 is 18.3. The van der Waals surface area contributed by atoms with Crippen LogP contribution in [-0.2, 0) is 20.9 Å². The van der Waals surface area contributed by atoms with Gasteiger partial charge in [-0.1, -0.05) is 12.1 Å². The van der Waals surface area contributed by atoms with Crippen LogP contribution in [0, 0.1) is 5.82 Å². The molecule has 146 valence electrons. The van der Waals surface area contributed by atoms with Gasteiger partial charge in [-0.25, -0.2) is 4.39 Å². The molecule has 1 saturated heterocycles. The summed E-state index contributed by atoms with van der Waals surface area (Å²) in [6.07, 6.45) is 2.27. The third-order valence-corrected chi connectivity index (χ3v) is 4.14. The number of hydrogen-bond donors (Lipinski definition) is 2. The average molecular weight is 388 g/mol. The zero-order chi connectivity index (χ0) is 18.1. The predicted molar refractivity (Wildman–Crippen MR) is 99.6 cm³/mol. The second kappa shape index (κ2) is 11.8. The van der Waals surface area contributed by atoms with E-state index in [0.717, 1.165) is 25.0 Å². The number of rotatable bonds is 9. The van der Waals surface area contributed by atoms with Crippen molar-refractivity contribution in [3.63, 3.8) is 0 Å². The number of carbonyl (C=O) groups excluding carboxylic acids is 2. The Kier molecular flexibility index (Phi) is 10.2. The molecule has 0 bridgehead atoms. The summed E-state index contributed by atoms with van der Waals surface area (Å²) in [4.78, 5) is 25.7. The molecule has 1 aromatic carbocycles. The molecule has 0 saturated carbocycles. The van der Waals surface area contributed by atoms with Crippen molar-refractivity contribution in [3.8, 4) is 0 Å². The maximum absolute atomic E-state index is 12.8. The average Bonchev–Trinajstić information content (AvgIpc) is 3.12. The van der Waals surface area contributed by atoms with E-state index < -0.39 is 0 Å². The molecule has 0 radical (unpaired) electrons. The van der Waals surface area contributed by atoms with Crippen LogP contribution in [0.4, 0.5) is 4.39 Å². The fourth-order valence-corrected chi connectivity index (χ4v) is 2.67. The molecule has 2 N–H and O–H groups in total. The lowest BCUT2D eigenvalue weighted by molar-refractivity contribution is -0.135. The van der Waals surface area contributed by atoms with Crippen LogP contribution in [-0.4, -0.2) is 55.6 Å². The fraction of sp³-hybridized carbons (Fsp3) is 0.556. The number of benzene rings is 1. The van der Waals surface area contributed by atoms with Crippen LogP contribution in [0.25, 0.3) is 0 Å². The van der Waals surface area contributed by atoms with Crippen molar-refractivity contribution in [1.82, 2.24) is 15.5 Å². The van der Waals surface area contributed by atoms with E-state index in [0.29, 0.717) is 19.6 Å². The molecule has 2 amide bonds. The van der Waals surface area contributed by atoms with Gasteiger partial charge < -0.3 is 20.3 Å². The van der Waals surface area contributed by atoms with Gasteiger partial charge in [0, 0.05) is 26.2 Å². The van der Waals surface area contributed by atoms with Crippen molar-refractivity contribution in [2.45, 2.75) is 32.4 Å².